The molecule has 0 saturated carbocycles. The van der Waals surface area contributed by atoms with Crippen molar-refractivity contribution in [1.29, 1.82) is 0 Å². The van der Waals surface area contributed by atoms with Crippen LogP contribution in [0.15, 0.2) is 24.3 Å². The third kappa shape index (κ3) is 4.88. The minimum Gasteiger partial charge on any atom is -0.465 e. The van der Waals surface area contributed by atoms with E-state index in [1.165, 1.54) is 18.2 Å². The van der Waals surface area contributed by atoms with Gasteiger partial charge in [0.05, 0.1) is 27.3 Å². The Balaban J connectivity index is 3.15. The lowest BCUT2D eigenvalue weighted by Crippen LogP contribution is -2.39. The molecule has 7 nitrogen and oxygen atoms in total. The van der Waals surface area contributed by atoms with Gasteiger partial charge >= 0.3 is 5.97 Å². The van der Waals surface area contributed by atoms with Crippen molar-refractivity contribution in [3.05, 3.63) is 39.9 Å². The second-order valence-electron chi connectivity index (χ2n) is 5.54. The summed E-state index contributed by atoms with van der Waals surface area (Å²) < 4.78 is 19.3. The topological polar surface area (TPSA) is 98.5 Å². The Kier molecular flexibility index (Phi) is 6.19. The first-order valence-corrected chi connectivity index (χ1v) is 7.90. The Bertz CT molecular complexity index is 583. The summed E-state index contributed by atoms with van der Waals surface area (Å²) in [6, 6.07) is 4.60. The third-order valence-corrected chi connectivity index (χ3v) is 4.28. The molecule has 1 rings (SSSR count). The molecule has 0 radical (unpaired) electrons. The zero-order valence-corrected chi connectivity index (χ0v) is 13.8. The number of carbonyl (C=O) groups is 1. The Morgan fingerprint density at radius 2 is 2.09 bits per heavy atom. The molecule has 0 aromatic heterocycles. The largest absolute Gasteiger partial charge is 0.465 e. The van der Waals surface area contributed by atoms with Crippen LogP contribution >= 0.6 is 0 Å². The van der Waals surface area contributed by atoms with Crippen molar-refractivity contribution in [2.24, 2.45) is 0 Å². The number of ether oxygens (including phenoxy) is 1. The van der Waals surface area contributed by atoms with Crippen LogP contribution in [-0.4, -0.2) is 26.5 Å². The number of carbonyl (C=O) groups excluding carboxylic acids is 1. The maximum Gasteiger partial charge on any atom is 0.328 e. The van der Waals surface area contributed by atoms with E-state index >= 15 is 0 Å². The molecular formula is C14H20N2O5S. The summed E-state index contributed by atoms with van der Waals surface area (Å²) in [4.78, 5) is 22.4. The molecule has 1 N–H and O–H groups in total. The molecule has 0 amide bonds. The summed E-state index contributed by atoms with van der Waals surface area (Å²) in [7, 11) is -1.53. The highest BCUT2D eigenvalue weighted by molar-refractivity contribution is 7.84. The van der Waals surface area contributed by atoms with Gasteiger partial charge in [-0.05, 0) is 33.3 Å². The number of nitro groups is 1. The van der Waals surface area contributed by atoms with E-state index in [0.717, 1.165) is 0 Å². The lowest BCUT2D eigenvalue weighted by molar-refractivity contribution is -0.384. The van der Waals surface area contributed by atoms with Gasteiger partial charge in [-0.2, -0.15) is 0 Å². The van der Waals surface area contributed by atoms with Crippen LogP contribution in [0.5, 0.6) is 0 Å². The van der Waals surface area contributed by atoms with Gasteiger partial charge in [-0.15, -0.1) is 0 Å². The summed E-state index contributed by atoms with van der Waals surface area (Å²) in [5.41, 5.74) is 0.195. The molecule has 2 atom stereocenters. The van der Waals surface area contributed by atoms with Gasteiger partial charge in [-0.3, -0.25) is 10.1 Å². The second kappa shape index (κ2) is 7.46. The maximum atomic E-state index is 12.2. The quantitative estimate of drug-likeness (QED) is 0.490. The number of non-ortho nitro benzene ring substituents is 1. The van der Waals surface area contributed by atoms with Crippen molar-refractivity contribution < 1.29 is 18.7 Å². The molecule has 0 spiro atoms. The van der Waals surface area contributed by atoms with Crippen molar-refractivity contribution in [2.75, 3.05) is 6.61 Å². The van der Waals surface area contributed by atoms with Crippen LogP contribution in [0.3, 0.4) is 0 Å². The summed E-state index contributed by atoms with van der Waals surface area (Å²) in [5, 5.41) is 10.9. The number of rotatable bonds is 6. The molecule has 1 aromatic carbocycles. The van der Waals surface area contributed by atoms with Gasteiger partial charge in [0, 0.05) is 12.1 Å². The molecule has 8 heteroatoms. The predicted octanol–water partition coefficient (Wildman–Crippen LogP) is 2.25. The number of nitrogens with one attached hydrogen (secondary N) is 1. The summed E-state index contributed by atoms with van der Waals surface area (Å²) in [5.74, 6) is -0.624. The van der Waals surface area contributed by atoms with E-state index in [9.17, 15) is 19.1 Å². The van der Waals surface area contributed by atoms with E-state index in [2.05, 4.69) is 4.72 Å². The van der Waals surface area contributed by atoms with E-state index in [0.29, 0.717) is 5.56 Å². The second-order valence-corrected chi connectivity index (χ2v) is 7.53. The number of benzene rings is 1. The van der Waals surface area contributed by atoms with Gasteiger partial charge < -0.3 is 4.74 Å². The average molecular weight is 328 g/mol. The van der Waals surface area contributed by atoms with Gasteiger partial charge in [-0.25, -0.2) is 13.7 Å². The van der Waals surface area contributed by atoms with E-state index in [1.54, 1.807) is 33.8 Å². The van der Waals surface area contributed by atoms with Gasteiger partial charge in [0.25, 0.3) is 5.69 Å². The highest BCUT2D eigenvalue weighted by Gasteiger charge is 2.29. The fraction of sp³-hybridized carbons (Fsp3) is 0.500. The number of hydrogen-bond donors (Lipinski definition) is 1. The number of nitro benzene ring substituents is 1. The molecule has 122 valence electrons. The molecule has 1 aromatic rings. The molecule has 0 saturated heterocycles. The van der Waals surface area contributed by atoms with Crippen LogP contribution in [0, 0.1) is 10.1 Å². The van der Waals surface area contributed by atoms with Crippen LogP contribution in [0.4, 0.5) is 5.69 Å². The number of hydrogen-bond acceptors (Lipinski definition) is 5. The standard InChI is InChI=1S/C14H20N2O5S/c1-5-21-13(17)12(15-22(20)14(2,3)4)10-7-6-8-11(9-10)16(18)19/h6-9,12,15H,5H2,1-4H3/t12-,22-/m1/s1. The minimum atomic E-state index is -1.53. The van der Waals surface area contributed by atoms with Crippen molar-refractivity contribution in [3.8, 4) is 0 Å². The summed E-state index contributed by atoms with van der Waals surface area (Å²) in [6.45, 7) is 7.08. The van der Waals surface area contributed by atoms with Crippen molar-refractivity contribution >= 4 is 22.6 Å². The van der Waals surface area contributed by atoms with Crippen molar-refractivity contribution in [1.82, 2.24) is 4.72 Å². The minimum absolute atomic E-state index is 0.143. The van der Waals surface area contributed by atoms with Crippen molar-refractivity contribution in [2.45, 2.75) is 38.5 Å². The normalized spacial score (nSPS) is 14.2. The lowest BCUT2D eigenvalue weighted by atomic mass is 10.1. The van der Waals surface area contributed by atoms with Gasteiger partial charge in [0.2, 0.25) is 0 Å². The molecule has 0 fully saturated rings. The smallest absolute Gasteiger partial charge is 0.328 e. The highest BCUT2D eigenvalue weighted by atomic mass is 32.2. The van der Waals surface area contributed by atoms with E-state index in [4.69, 9.17) is 4.74 Å². The van der Waals surface area contributed by atoms with Crippen LogP contribution in [-0.2, 0) is 20.5 Å². The Morgan fingerprint density at radius 3 is 2.59 bits per heavy atom. The number of esters is 1. The van der Waals surface area contributed by atoms with Crippen LogP contribution < -0.4 is 4.72 Å². The van der Waals surface area contributed by atoms with Crippen LogP contribution in [0.25, 0.3) is 0 Å². The van der Waals surface area contributed by atoms with Gasteiger partial charge in [0.1, 0.15) is 6.04 Å². The molecule has 0 unspecified atom stereocenters. The summed E-state index contributed by atoms with van der Waals surface area (Å²) >= 11 is 0. The number of nitrogens with zero attached hydrogens (tertiary/aromatic N) is 1. The molecule has 0 aliphatic carbocycles. The fourth-order valence-electron chi connectivity index (χ4n) is 1.58. The molecular weight excluding hydrogens is 308 g/mol. The zero-order valence-electron chi connectivity index (χ0n) is 13.0. The highest BCUT2D eigenvalue weighted by Crippen LogP contribution is 2.22. The van der Waals surface area contributed by atoms with Crippen LogP contribution in [0.2, 0.25) is 0 Å². The molecule has 0 aliphatic heterocycles. The SMILES string of the molecule is CCOC(=O)[C@H](N[S@](=O)C(C)(C)C)c1cccc([N+](=O)[O-])c1. The molecule has 0 heterocycles. The maximum absolute atomic E-state index is 12.2. The molecule has 0 aliphatic rings. The molecule has 0 bridgehead atoms. The van der Waals surface area contributed by atoms with Crippen LogP contribution in [0.1, 0.15) is 39.3 Å². The van der Waals surface area contributed by atoms with E-state index < -0.39 is 32.7 Å². The van der Waals surface area contributed by atoms with E-state index in [-0.39, 0.29) is 12.3 Å². The average Bonchev–Trinajstić information content (AvgIpc) is 2.43. The van der Waals surface area contributed by atoms with Gasteiger partial charge in [-0.1, -0.05) is 12.1 Å². The fourth-order valence-corrected chi connectivity index (χ4v) is 2.38. The first-order valence-electron chi connectivity index (χ1n) is 6.76. The third-order valence-electron chi connectivity index (χ3n) is 2.72. The Morgan fingerprint density at radius 1 is 1.45 bits per heavy atom. The predicted molar refractivity (Wildman–Crippen MR) is 83.5 cm³/mol. The van der Waals surface area contributed by atoms with Crippen molar-refractivity contribution in [3.63, 3.8) is 0 Å². The first-order chi connectivity index (χ1) is 10.2. The Labute approximate surface area is 131 Å². The molecule has 22 heavy (non-hydrogen) atoms. The Hall–Kier alpha value is -1.80. The van der Waals surface area contributed by atoms with E-state index in [1.807, 2.05) is 0 Å². The monoisotopic (exact) mass is 328 g/mol. The summed E-state index contributed by atoms with van der Waals surface area (Å²) in [6.07, 6.45) is 0. The lowest BCUT2D eigenvalue weighted by Gasteiger charge is -2.23. The zero-order chi connectivity index (χ0) is 16.9. The first kappa shape index (κ1) is 18.2. The van der Waals surface area contributed by atoms with Gasteiger partial charge in [0.15, 0.2) is 0 Å².